The van der Waals surface area contributed by atoms with Gasteiger partial charge in [0.1, 0.15) is 10.0 Å². The molecule has 1 atom stereocenters. The van der Waals surface area contributed by atoms with E-state index in [4.69, 9.17) is 0 Å². The molecule has 0 radical (unpaired) electrons. The van der Waals surface area contributed by atoms with Crippen molar-refractivity contribution in [3.8, 4) is 0 Å². The van der Waals surface area contributed by atoms with Gasteiger partial charge in [0, 0.05) is 6.54 Å². The van der Waals surface area contributed by atoms with Crippen molar-refractivity contribution < 1.29 is 4.79 Å². The topological polar surface area (TPSA) is 70.1 Å². The summed E-state index contributed by atoms with van der Waals surface area (Å²) in [4.78, 5) is 14.7. The monoisotopic (exact) mass is 323 g/mol. The largest absolute Gasteiger partial charge is 0.348 e. The fourth-order valence-corrected chi connectivity index (χ4v) is 4.39. The van der Waals surface area contributed by atoms with E-state index in [9.17, 15) is 4.79 Å². The molecule has 7 heteroatoms. The number of hydrogen-bond acceptors (Lipinski definition) is 6. The summed E-state index contributed by atoms with van der Waals surface area (Å²) in [6.07, 6.45) is 4.23. The number of nitrogens with zero attached hydrogens (tertiary/aromatic N) is 3. The van der Waals surface area contributed by atoms with Gasteiger partial charge in [-0.3, -0.25) is 9.69 Å². The molecule has 2 saturated heterocycles. The molecule has 6 nitrogen and oxygen atoms in total. The number of nitrogens with one attached hydrogen (secondary N) is 2. The Bertz CT molecular complexity index is 526. The molecule has 2 N–H and O–H groups in total. The van der Waals surface area contributed by atoms with Crippen LogP contribution < -0.4 is 10.6 Å². The van der Waals surface area contributed by atoms with Crippen LogP contribution in [-0.4, -0.2) is 53.7 Å². The second kappa shape index (κ2) is 6.60. The van der Waals surface area contributed by atoms with Gasteiger partial charge in [-0.05, 0) is 51.2 Å². The molecule has 22 heavy (non-hydrogen) atoms. The lowest BCUT2D eigenvalue weighted by Crippen LogP contribution is -2.41. The number of likely N-dealkylation sites (N-methyl/N-ethyl adjacent to an activating group) is 1. The van der Waals surface area contributed by atoms with Crippen LogP contribution in [0.2, 0.25) is 0 Å². The Morgan fingerprint density at radius 3 is 2.82 bits per heavy atom. The summed E-state index contributed by atoms with van der Waals surface area (Å²) in [5.74, 6) is 0.131. The lowest BCUT2D eigenvalue weighted by atomic mass is 9.77. The molecule has 3 heterocycles. The summed E-state index contributed by atoms with van der Waals surface area (Å²) in [6.45, 7) is 5.75. The van der Waals surface area contributed by atoms with E-state index in [1.807, 2.05) is 0 Å². The number of carbonyl (C=O) groups excluding carboxylic acids is 1. The number of hydrogen-bond donors (Lipinski definition) is 2. The van der Waals surface area contributed by atoms with Crippen LogP contribution in [0, 0.1) is 5.41 Å². The Morgan fingerprint density at radius 1 is 1.41 bits per heavy atom. The number of carbonyl (C=O) groups is 1. The number of amides is 1. The molecule has 1 aromatic heterocycles. The zero-order chi connectivity index (χ0) is 15.6. The maximum atomic E-state index is 12.5. The number of piperidine rings is 1. The van der Waals surface area contributed by atoms with Crippen molar-refractivity contribution in [1.82, 2.24) is 25.7 Å². The molecule has 0 saturated carbocycles. The van der Waals surface area contributed by atoms with E-state index in [0.717, 1.165) is 42.5 Å². The predicted molar refractivity (Wildman–Crippen MR) is 86.7 cm³/mol. The molecule has 122 valence electrons. The summed E-state index contributed by atoms with van der Waals surface area (Å²) in [5, 5.41) is 16.6. The lowest BCUT2D eigenvalue weighted by Gasteiger charge is -2.33. The van der Waals surface area contributed by atoms with E-state index < -0.39 is 0 Å². The highest BCUT2D eigenvalue weighted by Gasteiger charge is 2.45. The van der Waals surface area contributed by atoms with Crippen molar-refractivity contribution in [2.45, 2.75) is 45.2 Å². The molecule has 1 spiro atoms. The Balaban J connectivity index is 1.55. The molecule has 0 bridgehead atoms. The zero-order valence-corrected chi connectivity index (χ0v) is 14.2. The third-order valence-electron chi connectivity index (χ3n) is 4.94. The number of aromatic nitrogens is 2. The standard InChI is InChI=1S/C15H25N5OS/c1-3-12-18-19-13(22-12)9-17-14(21)11-8-15(10-20(11)2)4-6-16-7-5-15/h11,16H,3-10H2,1-2H3,(H,17,21). The first-order valence-corrected chi connectivity index (χ1v) is 8.93. The second-order valence-electron chi connectivity index (χ2n) is 6.55. The van der Waals surface area contributed by atoms with Crippen molar-refractivity contribution >= 4 is 17.2 Å². The third-order valence-corrected chi connectivity index (χ3v) is 6.00. The van der Waals surface area contributed by atoms with Crippen molar-refractivity contribution in [2.75, 3.05) is 26.7 Å². The van der Waals surface area contributed by atoms with Crippen molar-refractivity contribution in [2.24, 2.45) is 5.41 Å². The van der Waals surface area contributed by atoms with E-state index in [2.05, 4.69) is 39.7 Å². The summed E-state index contributed by atoms with van der Waals surface area (Å²) in [7, 11) is 2.07. The van der Waals surface area contributed by atoms with Crippen molar-refractivity contribution in [3.63, 3.8) is 0 Å². The summed E-state index contributed by atoms with van der Waals surface area (Å²) in [6, 6.07) is -0.00309. The van der Waals surface area contributed by atoms with Crippen molar-refractivity contribution in [1.29, 1.82) is 0 Å². The summed E-state index contributed by atoms with van der Waals surface area (Å²) in [5.41, 5.74) is 0.333. The number of rotatable bonds is 4. The highest BCUT2D eigenvalue weighted by Crippen LogP contribution is 2.41. The van der Waals surface area contributed by atoms with E-state index in [1.165, 1.54) is 12.8 Å². The first-order valence-electron chi connectivity index (χ1n) is 8.12. The molecule has 2 aliphatic rings. The van der Waals surface area contributed by atoms with Gasteiger partial charge in [-0.15, -0.1) is 10.2 Å². The molecular formula is C15H25N5OS. The minimum Gasteiger partial charge on any atom is -0.348 e. The van der Waals surface area contributed by atoms with Gasteiger partial charge in [0.15, 0.2) is 0 Å². The van der Waals surface area contributed by atoms with E-state index >= 15 is 0 Å². The fraction of sp³-hybridized carbons (Fsp3) is 0.800. The summed E-state index contributed by atoms with van der Waals surface area (Å²) >= 11 is 1.58. The quantitative estimate of drug-likeness (QED) is 0.857. The predicted octanol–water partition coefficient (Wildman–Crippen LogP) is 0.791. The molecule has 0 aliphatic carbocycles. The highest BCUT2D eigenvalue weighted by atomic mass is 32.1. The highest BCUT2D eigenvalue weighted by molar-refractivity contribution is 7.11. The van der Waals surface area contributed by atoms with Gasteiger partial charge >= 0.3 is 0 Å². The average Bonchev–Trinajstić information content (AvgIpc) is 3.10. The fourth-order valence-electron chi connectivity index (χ4n) is 3.67. The number of likely N-dealkylation sites (tertiary alicyclic amines) is 1. The minimum absolute atomic E-state index is 0.00309. The zero-order valence-electron chi connectivity index (χ0n) is 13.4. The van der Waals surface area contributed by atoms with E-state index in [1.54, 1.807) is 11.3 Å². The van der Waals surface area contributed by atoms with Gasteiger partial charge in [-0.2, -0.15) is 0 Å². The smallest absolute Gasteiger partial charge is 0.237 e. The van der Waals surface area contributed by atoms with Crippen LogP contribution >= 0.6 is 11.3 Å². The molecule has 1 amide bonds. The minimum atomic E-state index is -0.00309. The van der Waals surface area contributed by atoms with Gasteiger partial charge in [-0.1, -0.05) is 18.3 Å². The third kappa shape index (κ3) is 3.31. The van der Waals surface area contributed by atoms with Crippen LogP contribution in [0.25, 0.3) is 0 Å². The Morgan fingerprint density at radius 2 is 2.14 bits per heavy atom. The van der Waals surface area contributed by atoms with Crippen LogP contribution in [0.4, 0.5) is 0 Å². The number of aryl methyl sites for hydroxylation is 1. The van der Waals surface area contributed by atoms with Gasteiger partial charge in [-0.25, -0.2) is 0 Å². The first-order chi connectivity index (χ1) is 10.6. The van der Waals surface area contributed by atoms with Crippen LogP contribution in [-0.2, 0) is 17.8 Å². The molecule has 0 aromatic carbocycles. The van der Waals surface area contributed by atoms with Crippen LogP contribution in [0.15, 0.2) is 0 Å². The average molecular weight is 323 g/mol. The Kier molecular flexibility index (Phi) is 4.75. The molecule has 1 aromatic rings. The second-order valence-corrected chi connectivity index (χ2v) is 7.69. The Hall–Kier alpha value is -1.05. The lowest BCUT2D eigenvalue weighted by molar-refractivity contribution is -0.125. The molecular weight excluding hydrogens is 298 g/mol. The van der Waals surface area contributed by atoms with Gasteiger partial charge in [0.25, 0.3) is 0 Å². The van der Waals surface area contributed by atoms with Crippen LogP contribution in [0.3, 0.4) is 0 Å². The van der Waals surface area contributed by atoms with E-state index in [0.29, 0.717) is 12.0 Å². The molecule has 2 aliphatic heterocycles. The SMILES string of the molecule is CCc1nnc(CNC(=O)C2CC3(CCNCC3)CN2C)s1. The maximum Gasteiger partial charge on any atom is 0.237 e. The molecule has 3 rings (SSSR count). The maximum absolute atomic E-state index is 12.5. The van der Waals surface area contributed by atoms with Gasteiger partial charge in [0.2, 0.25) is 5.91 Å². The van der Waals surface area contributed by atoms with Crippen LogP contribution in [0.1, 0.15) is 36.2 Å². The van der Waals surface area contributed by atoms with Crippen LogP contribution in [0.5, 0.6) is 0 Å². The van der Waals surface area contributed by atoms with Crippen molar-refractivity contribution in [3.05, 3.63) is 10.0 Å². The first kappa shape index (κ1) is 15.8. The molecule has 2 fully saturated rings. The normalized spacial score (nSPS) is 24.7. The summed E-state index contributed by atoms with van der Waals surface area (Å²) < 4.78 is 0. The van der Waals surface area contributed by atoms with Gasteiger partial charge in [0.05, 0.1) is 12.6 Å². The van der Waals surface area contributed by atoms with E-state index in [-0.39, 0.29) is 11.9 Å². The Labute approximate surface area is 135 Å². The van der Waals surface area contributed by atoms with Gasteiger partial charge < -0.3 is 10.6 Å². The molecule has 1 unspecified atom stereocenters.